The number of hydrogen-bond donors (Lipinski definition) is 2. The van der Waals surface area contributed by atoms with Gasteiger partial charge in [-0.25, -0.2) is 0 Å². The highest BCUT2D eigenvalue weighted by Crippen LogP contribution is 2.17. The summed E-state index contributed by atoms with van der Waals surface area (Å²) in [5, 5.41) is 8.71. The van der Waals surface area contributed by atoms with Gasteiger partial charge in [0.1, 0.15) is 12.2 Å². The van der Waals surface area contributed by atoms with E-state index in [1.54, 1.807) is 0 Å². The Morgan fingerprint density at radius 1 is 1.42 bits per heavy atom. The molecule has 1 aromatic heterocycles. The fraction of sp³-hybridized carbons (Fsp3) is 0.455. The molecule has 0 fully saturated rings. The number of carbonyl (C=O) groups excluding carboxylic acids is 1. The number of carbonyl (C=O) groups is 1. The Balaban J connectivity index is 2.85. The summed E-state index contributed by atoms with van der Waals surface area (Å²) in [4.78, 5) is 16.1. The van der Waals surface area contributed by atoms with Crippen LogP contribution < -0.4 is 5.73 Å². The standard InChI is InChI=1S/C11H14F3N3O2/c12-11(13,14)7-17(3-4-18)10(19)9-2-1-8(5-15)6-16-9/h1-2,6,18H,3-5,7,15H2. The summed E-state index contributed by atoms with van der Waals surface area (Å²) in [5.74, 6) is -0.880. The highest BCUT2D eigenvalue weighted by Gasteiger charge is 2.33. The fourth-order valence-electron chi connectivity index (χ4n) is 1.42. The van der Waals surface area contributed by atoms with Gasteiger partial charge in [0.2, 0.25) is 0 Å². The van der Waals surface area contributed by atoms with E-state index in [2.05, 4.69) is 4.98 Å². The van der Waals surface area contributed by atoms with Gasteiger partial charge < -0.3 is 15.7 Å². The van der Waals surface area contributed by atoms with Gasteiger partial charge in [0.25, 0.3) is 5.91 Å². The summed E-state index contributed by atoms with van der Waals surface area (Å²) < 4.78 is 36.9. The van der Waals surface area contributed by atoms with Crippen molar-refractivity contribution in [2.45, 2.75) is 12.7 Å². The van der Waals surface area contributed by atoms with E-state index in [1.165, 1.54) is 18.3 Å². The molecule has 0 aromatic carbocycles. The van der Waals surface area contributed by atoms with Crippen LogP contribution in [-0.4, -0.2) is 46.8 Å². The first-order valence-electron chi connectivity index (χ1n) is 5.49. The molecule has 1 aromatic rings. The average Bonchev–Trinajstić information content (AvgIpc) is 2.36. The number of amides is 1. The van der Waals surface area contributed by atoms with Crippen molar-refractivity contribution in [3.63, 3.8) is 0 Å². The normalized spacial score (nSPS) is 11.4. The third-order valence-corrected chi connectivity index (χ3v) is 2.31. The Hall–Kier alpha value is -1.67. The lowest BCUT2D eigenvalue weighted by Crippen LogP contribution is -2.41. The maximum Gasteiger partial charge on any atom is 0.406 e. The molecule has 19 heavy (non-hydrogen) atoms. The van der Waals surface area contributed by atoms with Gasteiger partial charge in [-0.2, -0.15) is 13.2 Å². The van der Waals surface area contributed by atoms with Crippen LogP contribution in [0.4, 0.5) is 13.2 Å². The predicted octanol–water partition coefficient (Wildman–Crippen LogP) is 0.537. The van der Waals surface area contributed by atoms with Crippen LogP contribution in [0.3, 0.4) is 0 Å². The molecule has 0 saturated heterocycles. The number of aromatic nitrogens is 1. The third-order valence-electron chi connectivity index (χ3n) is 2.31. The first-order valence-corrected chi connectivity index (χ1v) is 5.49. The first kappa shape index (κ1) is 15.4. The highest BCUT2D eigenvalue weighted by atomic mass is 19.4. The minimum atomic E-state index is -4.53. The van der Waals surface area contributed by atoms with Crippen LogP contribution in [-0.2, 0) is 6.54 Å². The van der Waals surface area contributed by atoms with Crippen molar-refractivity contribution in [2.24, 2.45) is 5.73 Å². The number of hydrogen-bond acceptors (Lipinski definition) is 4. The van der Waals surface area contributed by atoms with E-state index in [1.807, 2.05) is 0 Å². The summed E-state index contributed by atoms with van der Waals surface area (Å²) in [6.07, 6.45) is -3.19. The molecule has 0 spiro atoms. The number of pyridine rings is 1. The maximum absolute atomic E-state index is 12.3. The fourth-order valence-corrected chi connectivity index (χ4v) is 1.42. The molecule has 1 amide bonds. The van der Waals surface area contributed by atoms with E-state index in [4.69, 9.17) is 10.8 Å². The number of aliphatic hydroxyl groups is 1. The number of halogens is 3. The molecule has 0 aliphatic carbocycles. The van der Waals surface area contributed by atoms with Gasteiger partial charge in [0.15, 0.2) is 0 Å². The molecule has 0 atom stereocenters. The van der Waals surface area contributed by atoms with Gasteiger partial charge in [-0.3, -0.25) is 9.78 Å². The molecule has 1 rings (SSSR count). The van der Waals surface area contributed by atoms with Crippen molar-refractivity contribution in [3.8, 4) is 0 Å². The van der Waals surface area contributed by atoms with Gasteiger partial charge in [-0.05, 0) is 11.6 Å². The molecular weight excluding hydrogens is 263 g/mol. The smallest absolute Gasteiger partial charge is 0.395 e. The molecule has 3 N–H and O–H groups in total. The van der Waals surface area contributed by atoms with Crippen LogP contribution in [0.5, 0.6) is 0 Å². The first-order chi connectivity index (χ1) is 8.87. The van der Waals surface area contributed by atoms with Gasteiger partial charge in [-0.1, -0.05) is 6.07 Å². The lowest BCUT2D eigenvalue weighted by molar-refractivity contribution is -0.141. The van der Waals surface area contributed by atoms with Crippen LogP contribution in [0.2, 0.25) is 0 Å². The Labute approximate surface area is 107 Å². The Bertz CT molecular complexity index is 420. The average molecular weight is 277 g/mol. The van der Waals surface area contributed by atoms with Crippen LogP contribution in [0.1, 0.15) is 16.1 Å². The van der Waals surface area contributed by atoms with E-state index < -0.39 is 31.8 Å². The summed E-state index contributed by atoms with van der Waals surface area (Å²) in [6, 6.07) is 2.83. The second-order valence-electron chi connectivity index (χ2n) is 3.82. The van der Waals surface area contributed by atoms with E-state index >= 15 is 0 Å². The number of nitrogens with zero attached hydrogens (tertiary/aromatic N) is 2. The van der Waals surface area contributed by atoms with E-state index in [9.17, 15) is 18.0 Å². The zero-order valence-corrected chi connectivity index (χ0v) is 10.0. The number of rotatable bonds is 5. The van der Waals surface area contributed by atoms with Crippen LogP contribution >= 0.6 is 0 Å². The molecule has 0 unspecified atom stereocenters. The van der Waals surface area contributed by atoms with E-state index in [0.717, 1.165) is 0 Å². The van der Waals surface area contributed by atoms with Crippen molar-refractivity contribution in [2.75, 3.05) is 19.7 Å². The highest BCUT2D eigenvalue weighted by molar-refractivity contribution is 5.92. The zero-order valence-electron chi connectivity index (χ0n) is 10.0. The van der Waals surface area contributed by atoms with Crippen LogP contribution in [0.25, 0.3) is 0 Å². The summed E-state index contributed by atoms with van der Waals surface area (Å²) in [7, 11) is 0. The second kappa shape index (κ2) is 6.48. The lowest BCUT2D eigenvalue weighted by atomic mass is 10.2. The summed E-state index contributed by atoms with van der Waals surface area (Å²) in [5.41, 5.74) is 5.90. The molecule has 0 radical (unpaired) electrons. The van der Waals surface area contributed by atoms with Gasteiger partial charge in [0.05, 0.1) is 6.61 Å². The molecule has 0 bridgehead atoms. The SMILES string of the molecule is NCc1ccc(C(=O)N(CCO)CC(F)(F)F)nc1. The minimum Gasteiger partial charge on any atom is -0.395 e. The van der Waals surface area contributed by atoms with Crippen molar-refractivity contribution >= 4 is 5.91 Å². The number of nitrogens with two attached hydrogens (primary N) is 1. The minimum absolute atomic E-state index is 0.116. The van der Waals surface area contributed by atoms with E-state index in [-0.39, 0.29) is 12.2 Å². The zero-order chi connectivity index (χ0) is 14.5. The van der Waals surface area contributed by atoms with Crippen LogP contribution in [0.15, 0.2) is 18.3 Å². The Morgan fingerprint density at radius 2 is 2.11 bits per heavy atom. The quantitative estimate of drug-likeness (QED) is 0.823. The largest absolute Gasteiger partial charge is 0.406 e. The summed E-state index contributed by atoms with van der Waals surface area (Å²) >= 11 is 0. The van der Waals surface area contributed by atoms with Gasteiger partial charge in [0, 0.05) is 19.3 Å². The second-order valence-corrected chi connectivity index (χ2v) is 3.82. The maximum atomic E-state index is 12.3. The van der Waals surface area contributed by atoms with Crippen molar-refractivity contribution in [1.82, 2.24) is 9.88 Å². The van der Waals surface area contributed by atoms with E-state index in [0.29, 0.717) is 10.5 Å². The van der Waals surface area contributed by atoms with Crippen molar-refractivity contribution in [1.29, 1.82) is 0 Å². The molecule has 1 heterocycles. The third kappa shape index (κ3) is 4.84. The predicted molar refractivity (Wildman–Crippen MR) is 61.2 cm³/mol. The summed E-state index contributed by atoms with van der Waals surface area (Å²) in [6.45, 7) is -2.15. The molecule has 8 heteroatoms. The molecule has 0 saturated carbocycles. The number of alkyl halides is 3. The molecule has 106 valence electrons. The molecule has 5 nitrogen and oxygen atoms in total. The van der Waals surface area contributed by atoms with Crippen molar-refractivity contribution in [3.05, 3.63) is 29.6 Å². The topological polar surface area (TPSA) is 79.5 Å². The molecular formula is C11H14F3N3O2. The monoisotopic (exact) mass is 277 g/mol. The lowest BCUT2D eigenvalue weighted by Gasteiger charge is -2.22. The Kier molecular flexibility index (Phi) is 5.25. The Morgan fingerprint density at radius 3 is 2.53 bits per heavy atom. The van der Waals surface area contributed by atoms with Gasteiger partial charge in [-0.15, -0.1) is 0 Å². The molecule has 0 aliphatic rings. The van der Waals surface area contributed by atoms with Crippen LogP contribution in [0, 0.1) is 0 Å². The number of aliphatic hydroxyl groups excluding tert-OH is 1. The molecule has 0 aliphatic heterocycles. The van der Waals surface area contributed by atoms with Gasteiger partial charge >= 0.3 is 6.18 Å². The van der Waals surface area contributed by atoms with Crippen molar-refractivity contribution < 1.29 is 23.1 Å².